The molecule has 1 aliphatic heterocycles. The van der Waals surface area contributed by atoms with E-state index in [2.05, 4.69) is 10.6 Å². The Morgan fingerprint density at radius 1 is 1.21 bits per heavy atom. The van der Waals surface area contributed by atoms with Crippen LogP contribution in [0.3, 0.4) is 0 Å². The minimum Gasteiger partial charge on any atom is -0.346 e. The number of carbonyl (C=O) groups is 2. The molecule has 8 nitrogen and oxygen atoms in total. The van der Waals surface area contributed by atoms with Crippen LogP contribution < -0.4 is 10.6 Å². The number of para-hydroxylation sites is 1. The molecule has 1 aromatic heterocycles. The summed E-state index contributed by atoms with van der Waals surface area (Å²) >= 11 is 1.15. The highest BCUT2D eigenvalue weighted by Crippen LogP contribution is 2.28. The Labute approximate surface area is 166 Å². The molecule has 1 fully saturated rings. The number of nitrogens with one attached hydrogen (secondary N) is 2. The van der Waals surface area contributed by atoms with Crippen molar-refractivity contribution >= 4 is 38.9 Å². The first kappa shape index (κ1) is 20.0. The van der Waals surface area contributed by atoms with E-state index in [9.17, 15) is 18.0 Å². The molecule has 0 aliphatic carbocycles. The van der Waals surface area contributed by atoms with Crippen molar-refractivity contribution in [2.24, 2.45) is 0 Å². The number of amides is 2. The second kappa shape index (κ2) is 8.52. The van der Waals surface area contributed by atoms with Gasteiger partial charge in [-0.1, -0.05) is 18.2 Å². The summed E-state index contributed by atoms with van der Waals surface area (Å²) in [6.45, 7) is 0.416. The maximum atomic E-state index is 12.7. The predicted octanol–water partition coefficient (Wildman–Crippen LogP) is 1.53. The van der Waals surface area contributed by atoms with Gasteiger partial charge in [0.2, 0.25) is 0 Å². The number of thiophene rings is 1. The monoisotopic (exact) mass is 418 g/mol. The van der Waals surface area contributed by atoms with Gasteiger partial charge in [-0.15, -0.1) is 11.3 Å². The first-order valence-corrected chi connectivity index (χ1v) is 10.9. The highest BCUT2D eigenvalue weighted by Gasteiger charge is 2.36. The molecule has 1 aromatic carbocycles. The third-order valence-corrected chi connectivity index (χ3v) is 7.71. The van der Waals surface area contributed by atoms with Gasteiger partial charge in [0.15, 0.2) is 0 Å². The first-order valence-electron chi connectivity index (χ1n) is 8.57. The fourth-order valence-electron chi connectivity index (χ4n) is 3.01. The van der Waals surface area contributed by atoms with E-state index >= 15 is 0 Å². The molecule has 0 radical (unpaired) electrons. The fourth-order valence-corrected chi connectivity index (χ4v) is 5.83. The highest BCUT2D eigenvalue weighted by atomic mass is 32.2. The first-order chi connectivity index (χ1) is 13.4. The zero-order valence-electron chi connectivity index (χ0n) is 14.8. The minimum atomic E-state index is -3.61. The van der Waals surface area contributed by atoms with Crippen molar-refractivity contribution in [1.29, 1.82) is 5.26 Å². The number of rotatable bonds is 5. The Hall–Kier alpha value is -2.74. The molecule has 3 rings (SSSR count). The van der Waals surface area contributed by atoms with Gasteiger partial charge in [-0.25, -0.2) is 8.42 Å². The minimum absolute atomic E-state index is 0.0384. The molecule has 0 saturated carbocycles. The number of nitriles is 1. The van der Waals surface area contributed by atoms with Crippen LogP contribution in [0.25, 0.3) is 0 Å². The molecule has 2 N–H and O–H groups in total. The summed E-state index contributed by atoms with van der Waals surface area (Å²) in [4.78, 5) is 24.2. The van der Waals surface area contributed by atoms with Gasteiger partial charge in [0.1, 0.15) is 10.3 Å². The summed E-state index contributed by atoms with van der Waals surface area (Å²) in [5.74, 6) is -1.79. The quantitative estimate of drug-likeness (QED) is 0.714. The summed E-state index contributed by atoms with van der Waals surface area (Å²) in [5, 5.41) is 15.6. The maximum Gasteiger partial charge on any atom is 0.313 e. The molecule has 2 amide bonds. The second-order valence-corrected chi connectivity index (χ2v) is 9.23. The molecular formula is C18H18N4O4S2. The summed E-state index contributed by atoms with van der Waals surface area (Å²) in [5.41, 5.74) is 0.487. The van der Waals surface area contributed by atoms with Crippen molar-refractivity contribution in [2.45, 2.75) is 23.1 Å². The van der Waals surface area contributed by atoms with Crippen molar-refractivity contribution in [1.82, 2.24) is 9.62 Å². The molecule has 0 spiro atoms. The molecule has 0 unspecified atom stereocenters. The van der Waals surface area contributed by atoms with Crippen LogP contribution in [0.1, 0.15) is 18.4 Å². The SMILES string of the molecule is N#Cc1ccccc1NC(=O)C(=O)NC[C@H]1CCCN1S(=O)(=O)c1cccs1. The molecule has 10 heteroatoms. The van der Waals surface area contributed by atoms with E-state index in [1.165, 1.54) is 16.4 Å². The normalized spacial score (nSPS) is 17.0. The van der Waals surface area contributed by atoms with E-state index in [1.54, 1.807) is 29.6 Å². The number of hydrogen-bond acceptors (Lipinski definition) is 6. The van der Waals surface area contributed by atoms with Gasteiger partial charge in [0.25, 0.3) is 10.0 Å². The van der Waals surface area contributed by atoms with Crippen molar-refractivity contribution < 1.29 is 18.0 Å². The summed E-state index contributed by atoms with van der Waals surface area (Å²) in [6, 6.07) is 11.1. The van der Waals surface area contributed by atoms with Crippen LogP contribution in [-0.2, 0) is 19.6 Å². The Morgan fingerprint density at radius 3 is 2.71 bits per heavy atom. The van der Waals surface area contributed by atoms with Crippen LogP contribution in [0, 0.1) is 11.3 Å². The Balaban J connectivity index is 1.61. The lowest BCUT2D eigenvalue weighted by Gasteiger charge is -2.23. The lowest BCUT2D eigenvalue weighted by molar-refractivity contribution is -0.136. The summed E-state index contributed by atoms with van der Waals surface area (Å²) < 4.78 is 27.1. The standard InChI is InChI=1S/C18H18N4O4S2/c19-11-13-5-1-2-7-15(13)21-18(24)17(23)20-12-14-6-3-9-22(14)28(25,26)16-8-4-10-27-16/h1-2,4-5,7-8,10,14H,3,6,9,12H2,(H,20,23)(H,21,24)/t14-/m1/s1. The number of sulfonamides is 1. The van der Waals surface area contributed by atoms with Gasteiger partial charge >= 0.3 is 11.8 Å². The number of benzene rings is 1. The molecular weight excluding hydrogens is 400 g/mol. The van der Waals surface area contributed by atoms with Crippen LogP contribution in [0.5, 0.6) is 0 Å². The summed E-state index contributed by atoms with van der Waals surface area (Å²) in [6.07, 6.45) is 1.29. The van der Waals surface area contributed by atoms with Crippen LogP contribution in [0.15, 0.2) is 46.0 Å². The molecule has 1 atom stereocenters. The zero-order chi connectivity index (χ0) is 20.1. The third kappa shape index (κ3) is 4.22. The Kier molecular flexibility index (Phi) is 6.08. The van der Waals surface area contributed by atoms with Crippen LogP contribution >= 0.6 is 11.3 Å². The van der Waals surface area contributed by atoms with Crippen molar-refractivity contribution in [3.8, 4) is 6.07 Å². The molecule has 0 bridgehead atoms. The zero-order valence-corrected chi connectivity index (χ0v) is 16.4. The molecule has 1 saturated heterocycles. The van der Waals surface area contributed by atoms with Gasteiger partial charge < -0.3 is 10.6 Å². The van der Waals surface area contributed by atoms with Gasteiger partial charge in [0, 0.05) is 19.1 Å². The van der Waals surface area contributed by atoms with E-state index in [0.717, 1.165) is 11.3 Å². The lowest BCUT2D eigenvalue weighted by Crippen LogP contribution is -2.45. The lowest BCUT2D eigenvalue weighted by atomic mass is 10.2. The van der Waals surface area contributed by atoms with Crippen LogP contribution in [0.4, 0.5) is 5.69 Å². The molecule has 146 valence electrons. The molecule has 2 heterocycles. The molecule has 1 aliphatic rings. The fraction of sp³-hybridized carbons (Fsp3) is 0.278. The predicted molar refractivity (Wildman–Crippen MR) is 104 cm³/mol. The van der Waals surface area contributed by atoms with E-state index in [-0.39, 0.29) is 22.0 Å². The molecule has 2 aromatic rings. The average molecular weight is 419 g/mol. The van der Waals surface area contributed by atoms with E-state index in [0.29, 0.717) is 19.4 Å². The van der Waals surface area contributed by atoms with Crippen molar-refractivity contribution in [3.63, 3.8) is 0 Å². The largest absolute Gasteiger partial charge is 0.346 e. The van der Waals surface area contributed by atoms with E-state index in [1.807, 2.05) is 6.07 Å². The topological polar surface area (TPSA) is 119 Å². The van der Waals surface area contributed by atoms with Crippen molar-refractivity contribution in [3.05, 3.63) is 47.3 Å². The molecule has 28 heavy (non-hydrogen) atoms. The smallest absolute Gasteiger partial charge is 0.313 e. The highest BCUT2D eigenvalue weighted by molar-refractivity contribution is 7.91. The van der Waals surface area contributed by atoms with E-state index < -0.39 is 27.9 Å². The number of hydrogen-bond donors (Lipinski definition) is 2. The van der Waals surface area contributed by atoms with Crippen molar-refractivity contribution in [2.75, 3.05) is 18.4 Å². The number of anilines is 1. The van der Waals surface area contributed by atoms with Gasteiger partial charge in [-0.3, -0.25) is 9.59 Å². The second-order valence-electron chi connectivity index (χ2n) is 6.17. The maximum absolute atomic E-state index is 12.7. The van der Waals surface area contributed by atoms with Gasteiger partial charge in [-0.2, -0.15) is 9.57 Å². The van der Waals surface area contributed by atoms with E-state index in [4.69, 9.17) is 5.26 Å². The van der Waals surface area contributed by atoms with Crippen LogP contribution in [-0.4, -0.2) is 43.7 Å². The number of carbonyl (C=O) groups excluding carboxylic acids is 2. The average Bonchev–Trinajstić information content (AvgIpc) is 3.38. The van der Waals surface area contributed by atoms with Gasteiger partial charge in [-0.05, 0) is 36.4 Å². The number of nitrogens with zero attached hydrogens (tertiary/aromatic N) is 2. The Morgan fingerprint density at radius 2 is 2.00 bits per heavy atom. The Bertz CT molecular complexity index is 1010. The third-order valence-electron chi connectivity index (χ3n) is 4.38. The van der Waals surface area contributed by atoms with Crippen LogP contribution in [0.2, 0.25) is 0 Å². The summed E-state index contributed by atoms with van der Waals surface area (Å²) in [7, 11) is -3.61. The van der Waals surface area contributed by atoms with Gasteiger partial charge in [0.05, 0.1) is 11.3 Å².